The topological polar surface area (TPSA) is 58.1 Å². The van der Waals surface area contributed by atoms with Gasteiger partial charge in [0.1, 0.15) is 0 Å². The van der Waals surface area contributed by atoms with Crippen LogP contribution in [0.25, 0.3) is 0 Å². The first kappa shape index (κ1) is 16.2. The number of anilines is 1. The highest BCUT2D eigenvalue weighted by Gasteiger charge is 2.18. The van der Waals surface area contributed by atoms with Gasteiger partial charge in [0.2, 0.25) is 0 Å². The Hall–Kier alpha value is -1.65. The van der Waals surface area contributed by atoms with E-state index in [0.29, 0.717) is 11.7 Å². The fourth-order valence-corrected chi connectivity index (χ4v) is 3.60. The van der Waals surface area contributed by atoms with E-state index in [0.717, 1.165) is 31.7 Å². The second-order valence-corrected chi connectivity index (χ2v) is 6.84. The lowest BCUT2D eigenvalue weighted by molar-refractivity contribution is 0.0927. The fourth-order valence-electron chi connectivity index (χ4n) is 3.60. The molecule has 2 aliphatic rings. The molecule has 1 amide bonds. The summed E-state index contributed by atoms with van der Waals surface area (Å²) in [6.07, 6.45) is 12.2. The quantitative estimate of drug-likeness (QED) is 0.869. The third-order valence-corrected chi connectivity index (χ3v) is 5.00. The van der Waals surface area contributed by atoms with Gasteiger partial charge in [-0.25, -0.2) is 0 Å². The van der Waals surface area contributed by atoms with Gasteiger partial charge in [-0.2, -0.15) is 0 Å². The molecule has 1 saturated heterocycles. The number of hydrogen-bond acceptors (Lipinski definition) is 4. The summed E-state index contributed by atoms with van der Waals surface area (Å²) in [4.78, 5) is 14.6. The van der Waals surface area contributed by atoms with Crippen molar-refractivity contribution in [1.29, 1.82) is 0 Å². The monoisotopic (exact) mass is 316 g/mol. The van der Waals surface area contributed by atoms with Crippen molar-refractivity contribution in [2.75, 3.05) is 18.0 Å². The summed E-state index contributed by atoms with van der Waals surface area (Å²) in [7, 11) is 0. The van der Waals surface area contributed by atoms with E-state index in [1.807, 2.05) is 12.1 Å². The van der Waals surface area contributed by atoms with E-state index in [1.165, 1.54) is 51.4 Å². The van der Waals surface area contributed by atoms with Crippen LogP contribution >= 0.6 is 0 Å². The van der Waals surface area contributed by atoms with Crippen LogP contribution in [-0.2, 0) is 0 Å². The molecule has 2 heterocycles. The molecule has 1 aromatic heterocycles. The van der Waals surface area contributed by atoms with Crippen LogP contribution in [-0.4, -0.2) is 35.2 Å². The van der Waals surface area contributed by atoms with Crippen LogP contribution in [0, 0.1) is 0 Å². The summed E-state index contributed by atoms with van der Waals surface area (Å²) in [5, 5.41) is 11.6. The first-order chi connectivity index (χ1) is 11.3. The van der Waals surface area contributed by atoms with E-state index >= 15 is 0 Å². The Morgan fingerprint density at radius 2 is 1.57 bits per heavy atom. The maximum Gasteiger partial charge on any atom is 0.272 e. The minimum atomic E-state index is -0.0770. The molecule has 2 fully saturated rings. The van der Waals surface area contributed by atoms with Crippen LogP contribution in [0.1, 0.15) is 74.7 Å². The molecule has 5 heteroatoms. The zero-order chi connectivity index (χ0) is 15.9. The Kier molecular flexibility index (Phi) is 5.83. The van der Waals surface area contributed by atoms with Crippen LogP contribution in [0.2, 0.25) is 0 Å². The molecule has 1 aliphatic heterocycles. The average molecular weight is 316 g/mol. The zero-order valence-electron chi connectivity index (χ0n) is 14.0. The molecule has 126 valence electrons. The molecular formula is C18H28N4O. The Labute approximate surface area is 138 Å². The number of nitrogens with zero attached hydrogens (tertiary/aromatic N) is 3. The standard InChI is InChI=1S/C18H28N4O/c23-18(19-15-9-5-1-2-6-10-15)16-11-12-17(21-20-16)22-13-7-3-4-8-14-22/h11-12,15H,1-10,13-14H2,(H,19,23). The van der Waals surface area contributed by atoms with Crippen molar-refractivity contribution in [3.05, 3.63) is 17.8 Å². The molecule has 0 atom stereocenters. The van der Waals surface area contributed by atoms with Gasteiger partial charge in [0, 0.05) is 19.1 Å². The van der Waals surface area contributed by atoms with Crippen molar-refractivity contribution < 1.29 is 4.79 Å². The Morgan fingerprint density at radius 3 is 2.17 bits per heavy atom. The van der Waals surface area contributed by atoms with Crippen molar-refractivity contribution in [2.24, 2.45) is 0 Å². The molecule has 3 rings (SSSR count). The molecule has 1 aliphatic carbocycles. The summed E-state index contributed by atoms with van der Waals surface area (Å²) >= 11 is 0. The van der Waals surface area contributed by atoms with Gasteiger partial charge in [-0.05, 0) is 37.8 Å². The van der Waals surface area contributed by atoms with Gasteiger partial charge in [0.05, 0.1) is 0 Å². The number of amides is 1. The van der Waals surface area contributed by atoms with Crippen molar-refractivity contribution in [2.45, 2.75) is 70.3 Å². The van der Waals surface area contributed by atoms with E-state index in [4.69, 9.17) is 0 Å². The number of carbonyl (C=O) groups is 1. The van der Waals surface area contributed by atoms with Gasteiger partial charge in [-0.1, -0.05) is 38.5 Å². The number of hydrogen-bond donors (Lipinski definition) is 1. The van der Waals surface area contributed by atoms with Gasteiger partial charge >= 0.3 is 0 Å². The molecular weight excluding hydrogens is 288 g/mol. The lowest BCUT2D eigenvalue weighted by atomic mass is 10.1. The van der Waals surface area contributed by atoms with Crippen molar-refractivity contribution in [3.63, 3.8) is 0 Å². The SMILES string of the molecule is O=C(NC1CCCCCC1)c1ccc(N2CCCCCC2)nn1. The first-order valence-electron chi connectivity index (χ1n) is 9.22. The van der Waals surface area contributed by atoms with Gasteiger partial charge in [0.25, 0.3) is 5.91 Å². The molecule has 1 N–H and O–H groups in total. The van der Waals surface area contributed by atoms with E-state index in [-0.39, 0.29) is 5.91 Å². The van der Waals surface area contributed by atoms with Gasteiger partial charge < -0.3 is 10.2 Å². The molecule has 5 nitrogen and oxygen atoms in total. The smallest absolute Gasteiger partial charge is 0.272 e. The second-order valence-electron chi connectivity index (χ2n) is 6.84. The lowest BCUT2D eigenvalue weighted by Crippen LogP contribution is -2.35. The van der Waals surface area contributed by atoms with Crippen LogP contribution in [0.4, 0.5) is 5.82 Å². The summed E-state index contributed by atoms with van der Waals surface area (Å²) in [5.74, 6) is 0.824. The predicted molar refractivity (Wildman–Crippen MR) is 91.7 cm³/mol. The third-order valence-electron chi connectivity index (χ3n) is 5.00. The van der Waals surface area contributed by atoms with Crippen LogP contribution in [0.15, 0.2) is 12.1 Å². The van der Waals surface area contributed by atoms with Crippen LogP contribution in [0.5, 0.6) is 0 Å². The van der Waals surface area contributed by atoms with E-state index in [1.54, 1.807) is 0 Å². The third kappa shape index (κ3) is 4.66. The number of carbonyl (C=O) groups excluding carboxylic acids is 1. The Balaban J connectivity index is 1.58. The highest BCUT2D eigenvalue weighted by molar-refractivity contribution is 5.92. The number of nitrogens with one attached hydrogen (secondary N) is 1. The summed E-state index contributed by atoms with van der Waals surface area (Å²) < 4.78 is 0. The molecule has 1 aromatic rings. The van der Waals surface area contributed by atoms with E-state index in [9.17, 15) is 4.79 Å². The molecule has 0 unspecified atom stereocenters. The maximum atomic E-state index is 12.3. The van der Waals surface area contributed by atoms with Crippen molar-refractivity contribution >= 4 is 11.7 Å². The zero-order valence-corrected chi connectivity index (χ0v) is 14.0. The predicted octanol–water partition coefficient (Wildman–Crippen LogP) is 3.31. The summed E-state index contributed by atoms with van der Waals surface area (Å²) in [5.41, 5.74) is 0.438. The largest absolute Gasteiger partial charge is 0.355 e. The van der Waals surface area contributed by atoms with Crippen LogP contribution < -0.4 is 10.2 Å². The fraction of sp³-hybridized carbons (Fsp3) is 0.722. The number of rotatable bonds is 3. The van der Waals surface area contributed by atoms with Gasteiger partial charge in [0.15, 0.2) is 11.5 Å². The lowest BCUT2D eigenvalue weighted by Gasteiger charge is -2.20. The molecule has 0 aromatic carbocycles. The van der Waals surface area contributed by atoms with Crippen molar-refractivity contribution in [3.8, 4) is 0 Å². The van der Waals surface area contributed by atoms with E-state index < -0.39 is 0 Å². The minimum Gasteiger partial charge on any atom is -0.355 e. The molecule has 0 radical (unpaired) electrons. The van der Waals surface area contributed by atoms with Crippen molar-refractivity contribution in [1.82, 2.24) is 15.5 Å². The molecule has 0 bridgehead atoms. The van der Waals surface area contributed by atoms with Gasteiger partial charge in [-0.15, -0.1) is 10.2 Å². The maximum absolute atomic E-state index is 12.3. The highest BCUT2D eigenvalue weighted by Crippen LogP contribution is 2.18. The first-order valence-corrected chi connectivity index (χ1v) is 9.22. The summed E-state index contributed by atoms with van der Waals surface area (Å²) in [6.45, 7) is 2.09. The normalized spacial score (nSPS) is 20.6. The molecule has 23 heavy (non-hydrogen) atoms. The second kappa shape index (κ2) is 8.27. The summed E-state index contributed by atoms with van der Waals surface area (Å²) in [6, 6.07) is 4.07. The number of aromatic nitrogens is 2. The van der Waals surface area contributed by atoms with Crippen LogP contribution in [0.3, 0.4) is 0 Å². The molecule has 0 spiro atoms. The highest BCUT2D eigenvalue weighted by atomic mass is 16.2. The van der Waals surface area contributed by atoms with Gasteiger partial charge in [-0.3, -0.25) is 4.79 Å². The van der Waals surface area contributed by atoms with E-state index in [2.05, 4.69) is 20.4 Å². The minimum absolute atomic E-state index is 0.0770. The Morgan fingerprint density at radius 1 is 0.913 bits per heavy atom. The average Bonchev–Trinajstić information content (AvgIpc) is 3.00. The molecule has 1 saturated carbocycles. The Bertz CT molecular complexity index is 486.